The van der Waals surface area contributed by atoms with Crippen LogP contribution in [-0.4, -0.2) is 11.2 Å². The second kappa shape index (κ2) is 4.66. The fraction of sp³-hybridized carbons (Fsp3) is 0.818. The van der Waals surface area contributed by atoms with E-state index < -0.39 is 0 Å². The van der Waals surface area contributed by atoms with Crippen molar-refractivity contribution < 1.29 is 5.11 Å². The number of hydrogen-bond acceptors (Lipinski definition) is 1. The lowest BCUT2D eigenvalue weighted by Gasteiger charge is -2.31. The Bertz CT molecular complexity index is 142. The first kappa shape index (κ1) is 9.79. The third-order valence-corrected chi connectivity index (χ3v) is 2.98. The van der Waals surface area contributed by atoms with Crippen molar-refractivity contribution in [1.82, 2.24) is 0 Å². The molecular formula is C11H20O. The highest BCUT2D eigenvalue weighted by molar-refractivity contribution is 4.89. The van der Waals surface area contributed by atoms with Crippen LogP contribution in [0.15, 0.2) is 12.7 Å². The summed E-state index contributed by atoms with van der Waals surface area (Å²) in [5.74, 6) is 1.12. The van der Waals surface area contributed by atoms with E-state index in [1.165, 1.54) is 19.3 Å². The average molecular weight is 168 g/mol. The minimum absolute atomic E-state index is 0.118. The van der Waals surface area contributed by atoms with Crippen LogP contribution >= 0.6 is 0 Å². The smallest absolute Gasteiger partial charge is 0.0605 e. The van der Waals surface area contributed by atoms with Crippen molar-refractivity contribution in [2.24, 2.45) is 11.8 Å². The molecule has 1 nitrogen and oxygen atoms in total. The Morgan fingerprint density at radius 2 is 2.25 bits per heavy atom. The maximum atomic E-state index is 9.69. The normalized spacial score (nSPS) is 36.3. The van der Waals surface area contributed by atoms with Crippen molar-refractivity contribution in [3.8, 4) is 0 Å². The van der Waals surface area contributed by atoms with E-state index in [2.05, 4.69) is 13.5 Å². The Hall–Kier alpha value is -0.300. The van der Waals surface area contributed by atoms with Gasteiger partial charge in [0.1, 0.15) is 0 Å². The van der Waals surface area contributed by atoms with Crippen LogP contribution in [0.3, 0.4) is 0 Å². The van der Waals surface area contributed by atoms with Crippen LogP contribution in [0.1, 0.15) is 39.0 Å². The third kappa shape index (κ3) is 2.34. The van der Waals surface area contributed by atoms with Crippen molar-refractivity contribution in [1.29, 1.82) is 0 Å². The topological polar surface area (TPSA) is 20.2 Å². The molecular weight excluding hydrogens is 148 g/mol. The van der Waals surface area contributed by atoms with Gasteiger partial charge in [0, 0.05) is 5.92 Å². The molecule has 1 saturated carbocycles. The maximum absolute atomic E-state index is 9.69. The summed E-state index contributed by atoms with van der Waals surface area (Å²) >= 11 is 0. The molecule has 1 aliphatic rings. The Kier molecular flexibility index (Phi) is 3.80. The average Bonchev–Trinajstić information content (AvgIpc) is 2.05. The second-order valence-corrected chi connectivity index (χ2v) is 3.93. The molecule has 1 N–H and O–H groups in total. The van der Waals surface area contributed by atoms with Gasteiger partial charge in [-0.05, 0) is 25.2 Å². The summed E-state index contributed by atoms with van der Waals surface area (Å²) in [7, 11) is 0. The zero-order valence-electron chi connectivity index (χ0n) is 8.00. The minimum Gasteiger partial charge on any atom is -0.393 e. The summed E-state index contributed by atoms with van der Waals surface area (Å²) in [4.78, 5) is 0. The van der Waals surface area contributed by atoms with Crippen LogP contribution in [0.2, 0.25) is 0 Å². The number of hydrogen-bond donors (Lipinski definition) is 1. The molecule has 70 valence electrons. The highest BCUT2D eigenvalue weighted by atomic mass is 16.3. The first-order valence-corrected chi connectivity index (χ1v) is 5.08. The Morgan fingerprint density at radius 1 is 1.50 bits per heavy atom. The molecule has 1 aliphatic carbocycles. The molecule has 0 aromatic carbocycles. The van der Waals surface area contributed by atoms with E-state index in [4.69, 9.17) is 0 Å². The van der Waals surface area contributed by atoms with E-state index in [9.17, 15) is 5.11 Å². The molecule has 1 rings (SSSR count). The maximum Gasteiger partial charge on any atom is 0.0605 e. The summed E-state index contributed by atoms with van der Waals surface area (Å²) in [6, 6.07) is 0. The van der Waals surface area contributed by atoms with Crippen LogP contribution in [-0.2, 0) is 0 Å². The van der Waals surface area contributed by atoms with E-state index in [1.807, 2.05) is 6.08 Å². The standard InChI is InChI=1S/C11H20O/c1-3-5-9-6-7-10(4-2)11(12)8-9/h4,9-12H,2-3,5-8H2,1H3. The van der Waals surface area contributed by atoms with Crippen LogP contribution in [0.4, 0.5) is 0 Å². The fourth-order valence-electron chi connectivity index (χ4n) is 2.20. The van der Waals surface area contributed by atoms with Gasteiger partial charge in [-0.3, -0.25) is 0 Å². The Balaban J connectivity index is 2.35. The highest BCUT2D eigenvalue weighted by Gasteiger charge is 2.26. The molecule has 1 fully saturated rings. The van der Waals surface area contributed by atoms with Gasteiger partial charge in [-0.15, -0.1) is 6.58 Å². The molecule has 0 heterocycles. The van der Waals surface area contributed by atoms with Crippen molar-refractivity contribution in [3.63, 3.8) is 0 Å². The summed E-state index contributed by atoms with van der Waals surface area (Å²) in [5.41, 5.74) is 0. The second-order valence-electron chi connectivity index (χ2n) is 3.93. The van der Waals surface area contributed by atoms with Gasteiger partial charge in [-0.2, -0.15) is 0 Å². The van der Waals surface area contributed by atoms with Crippen LogP contribution in [0.5, 0.6) is 0 Å². The largest absolute Gasteiger partial charge is 0.393 e. The molecule has 0 spiro atoms. The Morgan fingerprint density at radius 3 is 2.75 bits per heavy atom. The van der Waals surface area contributed by atoms with Gasteiger partial charge in [-0.25, -0.2) is 0 Å². The predicted molar refractivity (Wildman–Crippen MR) is 51.9 cm³/mol. The zero-order chi connectivity index (χ0) is 8.97. The lowest BCUT2D eigenvalue weighted by atomic mass is 9.78. The van der Waals surface area contributed by atoms with Crippen LogP contribution in [0, 0.1) is 11.8 Å². The van der Waals surface area contributed by atoms with Gasteiger partial charge in [-0.1, -0.05) is 25.8 Å². The monoisotopic (exact) mass is 168 g/mol. The van der Waals surface area contributed by atoms with Crippen LogP contribution in [0.25, 0.3) is 0 Å². The van der Waals surface area contributed by atoms with E-state index in [0.717, 1.165) is 18.8 Å². The van der Waals surface area contributed by atoms with Crippen molar-refractivity contribution in [3.05, 3.63) is 12.7 Å². The van der Waals surface area contributed by atoms with Crippen molar-refractivity contribution in [2.45, 2.75) is 45.1 Å². The van der Waals surface area contributed by atoms with Gasteiger partial charge in [0.25, 0.3) is 0 Å². The first-order chi connectivity index (χ1) is 5.77. The molecule has 0 radical (unpaired) electrons. The number of aliphatic hydroxyl groups is 1. The lowest BCUT2D eigenvalue weighted by Crippen LogP contribution is -2.27. The van der Waals surface area contributed by atoms with Crippen LogP contribution < -0.4 is 0 Å². The SMILES string of the molecule is C=CC1CCC(CCC)CC1O. The summed E-state index contributed by atoms with van der Waals surface area (Å²) in [6.45, 7) is 5.96. The van der Waals surface area contributed by atoms with E-state index >= 15 is 0 Å². The van der Waals surface area contributed by atoms with Crippen molar-refractivity contribution >= 4 is 0 Å². The van der Waals surface area contributed by atoms with Gasteiger partial charge in [0.05, 0.1) is 6.10 Å². The highest BCUT2D eigenvalue weighted by Crippen LogP contribution is 2.32. The molecule has 0 saturated heterocycles. The van der Waals surface area contributed by atoms with Gasteiger partial charge >= 0.3 is 0 Å². The van der Waals surface area contributed by atoms with E-state index in [-0.39, 0.29) is 6.10 Å². The van der Waals surface area contributed by atoms with Gasteiger partial charge < -0.3 is 5.11 Å². The summed E-state index contributed by atoms with van der Waals surface area (Å²) < 4.78 is 0. The molecule has 0 aliphatic heterocycles. The number of rotatable bonds is 3. The van der Waals surface area contributed by atoms with E-state index in [1.54, 1.807) is 0 Å². The summed E-state index contributed by atoms with van der Waals surface area (Å²) in [5, 5.41) is 9.69. The first-order valence-electron chi connectivity index (χ1n) is 5.08. The number of aliphatic hydroxyl groups excluding tert-OH is 1. The predicted octanol–water partition coefficient (Wildman–Crippen LogP) is 2.75. The third-order valence-electron chi connectivity index (χ3n) is 2.98. The zero-order valence-corrected chi connectivity index (χ0v) is 8.00. The molecule has 3 atom stereocenters. The molecule has 0 bridgehead atoms. The fourth-order valence-corrected chi connectivity index (χ4v) is 2.20. The van der Waals surface area contributed by atoms with Gasteiger partial charge in [0.15, 0.2) is 0 Å². The molecule has 0 amide bonds. The molecule has 1 heteroatoms. The van der Waals surface area contributed by atoms with Crippen molar-refractivity contribution in [2.75, 3.05) is 0 Å². The molecule has 0 aromatic heterocycles. The molecule has 3 unspecified atom stereocenters. The Labute approximate surface area is 75.5 Å². The molecule has 12 heavy (non-hydrogen) atoms. The quantitative estimate of drug-likeness (QED) is 0.642. The van der Waals surface area contributed by atoms with Gasteiger partial charge in [0.2, 0.25) is 0 Å². The van der Waals surface area contributed by atoms with E-state index in [0.29, 0.717) is 5.92 Å². The lowest BCUT2D eigenvalue weighted by molar-refractivity contribution is 0.0634. The molecule has 0 aromatic rings. The minimum atomic E-state index is -0.118. The summed E-state index contributed by atoms with van der Waals surface area (Å²) in [6.07, 6.45) is 7.72.